The number of rotatable bonds is 5. The van der Waals surface area contributed by atoms with Gasteiger partial charge in [0.05, 0.1) is 13.2 Å². The third-order valence-electron chi connectivity index (χ3n) is 2.72. The highest BCUT2D eigenvalue weighted by atomic mass is 19.4. The maximum absolute atomic E-state index is 13.0. The van der Waals surface area contributed by atoms with Crippen LogP contribution in [0.3, 0.4) is 0 Å². The monoisotopic (exact) mass is 288 g/mol. The summed E-state index contributed by atoms with van der Waals surface area (Å²) in [5.74, 6) is -6.59. The fourth-order valence-electron chi connectivity index (χ4n) is 1.55. The molecule has 110 valence electrons. The van der Waals surface area contributed by atoms with Crippen molar-refractivity contribution in [3.63, 3.8) is 0 Å². The number of alkyl halides is 5. The molecule has 0 aromatic heterocycles. The Morgan fingerprint density at radius 1 is 1.37 bits per heavy atom. The summed E-state index contributed by atoms with van der Waals surface area (Å²) in [5.41, 5.74) is 0.127. The van der Waals surface area contributed by atoms with E-state index in [0.29, 0.717) is 0 Å². The Bertz CT molecular complexity index is 364. The van der Waals surface area contributed by atoms with E-state index in [1.807, 2.05) is 0 Å². The number of hydrogen-bond acceptors (Lipinski definition) is 3. The second-order valence-corrected chi connectivity index (χ2v) is 4.34. The number of carbonyl (C=O) groups is 1. The van der Waals surface area contributed by atoms with E-state index < -0.39 is 30.1 Å². The van der Waals surface area contributed by atoms with Crippen molar-refractivity contribution >= 4 is 5.97 Å². The van der Waals surface area contributed by atoms with E-state index in [-0.39, 0.29) is 25.2 Å². The minimum atomic E-state index is -5.65. The number of hydrogen-bond donors (Lipinski definition) is 0. The summed E-state index contributed by atoms with van der Waals surface area (Å²) in [4.78, 5) is 11.0. The normalized spacial score (nSPS) is 23.7. The Labute approximate surface area is 106 Å². The molecule has 1 aliphatic heterocycles. The van der Waals surface area contributed by atoms with Crippen molar-refractivity contribution in [3.8, 4) is 0 Å². The van der Waals surface area contributed by atoms with Crippen molar-refractivity contribution in [2.45, 2.75) is 31.5 Å². The lowest BCUT2D eigenvalue weighted by molar-refractivity contribution is -0.352. The lowest BCUT2D eigenvalue weighted by Crippen LogP contribution is -2.58. The maximum atomic E-state index is 13.0. The summed E-state index contributed by atoms with van der Waals surface area (Å²) in [6.07, 6.45) is -7.98. The lowest BCUT2D eigenvalue weighted by Gasteiger charge is -2.41. The molecule has 8 heteroatoms. The molecule has 0 aliphatic carbocycles. The zero-order chi connectivity index (χ0) is 14.8. The standard InChI is InChI=1S/C11H13F5O3/c1-6(2)9(17)18-4-3-7-5-19-8(7)10(12,13)11(14,15)16/h7-8H,1,3-5H2,2H3. The lowest BCUT2D eigenvalue weighted by atomic mass is 9.89. The van der Waals surface area contributed by atoms with Crippen LogP contribution in [-0.2, 0) is 14.3 Å². The minimum absolute atomic E-state index is 0.116. The Hall–Kier alpha value is -1.18. The molecule has 0 N–H and O–H groups in total. The number of esters is 1. The van der Waals surface area contributed by atoms with E-state index in [4.69, 9.17) is 0 Å². The van der Waals surface area contributed by atoms with Crippen molar-refractivity contribution in [2.24, 2.45) is 5.92 Å². The molecule has 0 radical (unpaired) electrons. The van der Waals surface area contributed by atoms with Crippen LogP contribution in [0.2, 0.25) is 0 Å². The molecule has 1 rings (SSSR count). The average molecular weight is 288 g/mol. The van der Waals surface area contributed by atoms with Gasteiger partial charge in [-0.2, -0.15) is 22.0 Å². The van der Waals surface area contributed by atoms with Crippen LogP contribution in [0.25, 0.3) is 0 Å². The number of halogens is 5. The molecule has 3 nitrogen and oxygen atoms in total. The molecule has 0 spiro atoms. The molecular formula is C11H13F5O3. The summed E-state index contributed by atoms with van der Waals surface area (Å²) in [5, 5.41) is 0. The summed E-state index contributed by atoms with van der Waals surface area (Å²) >= 11 is 0. The predicted octanol–water partition coefficient (Wildman–Crippen LogP) is 2.71. The molecule has 2 unspecified atom stereocenters. The Balaban J connectivity index is 2.46. The van der Waals surface area contributed by atoms with Gasteiger partial charge in [-0.1, -0.05) is 6.58 Å². The van der Waals surface area contributed by atoms with Crippen molar-refractivity contribution in [2.75, 3.05) is 13.2 Å². The highest BCUT2D eigenvalue weighted by Gasteiger charge is 2.67. The SMILES string of the molecule is C=C(C)C(=O)OCCC1COC1C(F)(F)C(F)(F)F. The summed E-state index contributed by atoms with van der Waals surface area (Å²) < 4.78 is 71.2. The van der Waals surface area contributed by atoms with Crippen LogP contribution in [0.1, 0.15) is 13.3 Å². The third-order valence-corrected chi connectivity index (χ3v) is 2.72. The smallest absolute Gasteiger partial charge is 0.456 e. The van der Waals surface area contributed by atoms with Crippen LogP contribution in [-0.4, -0.2) is 37.4 Å². The largest absolute Gasteiger partial charge is 0.462 e. The topological polar surface area (TPSA) is 35.5 Å². The Kier molecular flexibility index (Phi) is 4.54. The second kappa shape index (κ2) is 5.44. The van der Waals surface area contributed by atoms with Crippen LogP contribution in [0.15, 0.2) is 12.2 Å². The summed E-state index contributed by atoms with van der Waals surface area (Å²) in [6.45, 7) is 4.25. The third kappa shape index (κ3) is 3.43. The molecular weight excluding hydrogens is 275 g/mol. The van der Waals surface area contributed by atoms with Gasteiger partial charge in [0, 0.05) is 11.5 Å². The Morgan fingerprint density at radius 2 is 1.95 bits per heavy atom. The molecule has 1 saturated heterocycles. The molecule has 0 aromatic carbocycles. The van der Waals surface area contributed by atoms with E-state index in [1.54, 1.807) is 0 Å². The molecule has 0 amide bonds. The first-order chi connectivity index (χ1) is 8.57. The van der Waals surface area contributed by atoms with E-state index in [9.17, 15) is 26.7 Å². The van der Waals surface area contributed by atoms with Gasteiger partial charge >= 0.3 is 18.1 Å². The van der Waals surface area contributed by atoms with E-state index >= 15 is 0 Å². The maximum Gasteiger partial charge on any atom is 0.456 e. The summed E-state index contributed by atoms with van der Waals surface area (Å²) in [6, 6.07) is 0. The van der Waals surface area contributed by atoms with Gasteiger partial charge in [0.25, 0.3) is 0 Å². The number of ether oxygens (including phenoxy) is 2. The van der Waals surface area contributed by atoms with Gasteiger partial charge in [-0.15, -0.1) is 0 Å². The quantitative estimate of drug-likeness (QED) is 0.443. The average Bonchev–Trinajstić information content (AvgIpc) is 2.19. The van der Waals surface area contributed by atoms with Crippen molar-refractivity contribution in [1.82, 2.24) is 0 Å². The van der Waals surface area contributed by atoms with Crippen LogP contribution in [0.4, 0.5) is 22.0 Å². The van der Waals surface area contributed by atoms with E-state index in [0.717, 1.165) is 0 Å². The fourth-order valence-corrected chi connectivity index (χ4v) is 1.55. The molecule has 0 aromatic rings. The van der Waals surface area contributed by atoms with Gasteiger partial charge in [0.2, 0.25) is 0 Å². The molecule has 1 heterocycles. The van der Waals surface area contributed by atoms with Gasteiger partial charge < -0.3 is 9.47 Å². The van der Waals surface area contributed by atoms with Gasteiger partial charge in [-0.25, -0.2) is 4.79 Å². The van der Waals surface area contributed by atoms with Crippen LogP contribution >= 0.6 is 0 Å². The molecule has 2 atom stereocenters. The zero-order valence-electron chi connectivity index (χ0n) is 10.1. The molecule has 1 fully saturated rings. The molecule has 0 bridgehead atoms. The first-order valence-electron chi connectivity index (χ1n) is 5.46. The first kappa shape index (κ1) is 15.9. The van der Waals surface area contributed by atoms with Crippen LogP contribution in [0, 0.1) is 5.92 Å². The van der Waals surface area contributed by atoms with Gasteiger partial charge in [-0.05, 0) is 13.3 Å². The van der Waals surface area contributed by atoms with Crippen molar-refractivity contribution in [3.05, 3.63) is 12.2 Å². The predicted molar refractivity (Wildman–Crippen MR) is 54.6 cm³/mol. The Morgan fingerprint density at radius 3 is 2.32 bits per heavy atom. The minimum Gasteiger partial charge on any atom is -0.462 e. The van der Waals surface area contributed by atoms with Crippen LogP contribution in [0.5, 0.6) is 0 Å². The first-order valence-corrected chi connectivity index (χ1v) is 5.46. The molecule has 1 aliphatic rings. The van der Waals surface area contributed by atoms with Crippen molar-refractivity contribution in [1.29, 1.82) is 0 Å². The summed E-state index contributed by atoms with van der Waals surface area (Å²) in [7, 11) is 0. The van der Waals surface area contributed by atoms with Gasteiger partial charge in [-0.3, -0.25) is 0 Å². The van der Waals surface area contributed by atoms with Gasteiger partial charge in [0.1, 0.15) is 6.10 Å². The fraction of sp³-hybridized carbons (Fsp3) is 0.727. The molecule has 0 saturated carbocycles. The van der Waals surface area contributed by atoms with Gasteiger partial charge in [0.15, 0.2) is 0 Å². The van der Waals surface area contributed by atoms with E-state index in [2.05, 4.69) is 16.1 Å². The van der Waals surface area contributed by atoms with Crippen LogP contribution < -0.4 is 0 Å². The van der Waals surface area contributed by atoms with E-state index in [1.165, 1.54) is 6.92 Å². The van der Waals surface area contributed by atoms with Crippen molar-refractivity contribution < 1.29 is 36.2 Å². The zero-order valence-corrected chi connectivity index (χ0v) is 10.1. The molecule has 19 heavy (non-hydrogen) atoms. The second-order valence-electron chi connectivity index (χ2n) is 4.34. The number of carbonyl (C=O) groups excluding carboxylic acids is 1. The highest BCUT2D eigenvalue weighted by molar-refractivity contribution is 5.86. The highest BCUT2D eigenvalue weighted by Crippen LogP contribution is 2.45.